The van der Waals surface area contributed by atoms with E-state index < -0.39 is 0 Å². The van der Waals surface area contributed by atoms with Crippen LogP contribution in [0, 0.1) is 11.3 Å². The van der Waals surface area contributed by atoms with Gasteiger partial charge < -0.3 is 9.47 Å². The van der Waals surface area contributed by atoms with Crippen LogP contribution in [0.25, 0.3) is 0 Å². The Labute approximate surface area is 161 Å². The molecule has 0 bridgehead atoms. The Bertz CT molecular complexity index is 850. The number of benzene rings is 2. The Balaban J connectivity index is 1.82. The van der Waals surface area contributed by atoms with E-state index in [2.05, 4.69) is 32.0 Å². The van der Waals surface area contributed by atoms with Crippen molar-refractivity contribution in [1.29, 1.82) is 0 Å². The summed E-state index contributed by atoms with van der Waals surface area (Å²) in [4.78, 5) is 13.6. The van der Waals surface area contributed by atoms with Crippen LogP contribution in [0.1, 0.15) is 66.4 Å². The predicted molar refractivity (Wildman–Crippen MR) is 107 cm³/mol. The molecular formula is C24H28O3. The molecule has 3 heteroatoms. The van der Waals surface area contributed by atoms with Crippen LogP contribution in [-0.4, -0.2) is 20.0 Å². The first-order valence-corrected chi connectivity index (χ1v) is 9.79. The second-order valence-corrected chi connectivity index (χ2v) is 8.75. The van der Waals surface area contributed by atoms with Gasteiger partial charge in [0.2, 0.25) is 0 Å². The lowest BCUT2D eigenvalue weighted by atomic mass is 9.56. The third kappa shape index (κ3) is 3.13. The fraction of sp³-hybridized carbons (Fsp3) is 0.458. The minimum absolute atomic E-state index is 0.0821. The van der Waals surface area contributed by atoms with Crippen LogP contribution in [0.3, 0.4) is 0 Å². The molecule has 4 rings (SSSR count). The van der Waals surface area contributed by atoms with Crippen molar-refractivity contribution in [3.8, 4) is 11.5 Å². The van der Waals surface area contributed by atoms with Crippen molar-refractivity contribution >= 4 is 5.78 Å². The van der Waals surface area contributed by atoms with Gasteiger partial charge in [-0.2, -0.15) is 0 Å². The molecule has 0 N–H and O–H groups in total. The molecule has 2 aliphatic carbocycles. The molecule has 0 radical (unpaired) electrons. The highest BCUT2D eigenvalue weighted by Crippen LogP contribution is 2.56. The third-order valence-electron chi connectivity index (χ3n) is 6.55. The molecule has 0 amide bonds. The molecule has 1 fully saturated rings. The molecule has 0 aromatic heterocycles. The largest absolute Gasteiger partial charge is 0.497 e. The van der Waals surface area contributed by atoms with Crippen molar-refractivity contribution in [2.45, 2.75) is 44.9 Å². The molecule has 27 heavy (non-hydrogen) atoms. The summed E-state index contributed by atoms with van der Waals surface area (Å²) in [6, 6.07) is 14.0. The molecule has 2 aromatic rings. The fourth-order valence-electron chi connectivity index (χ4n) is 5.15. The van der Waals surface area contributed by atoms with Gasteiger partial charge in [0.25, 0.3) is 0 Å². The van der Waals surface area contributed by atoms with Crippen molar-refractivity contribution in [3.05, 3.63) is 59.2 Å². The van der Waals surface area contributed by atoms with Crippen molar-refractivity contribution in [2.75, 3.05) is 14.2 Å². The van der Waals surface area contributed by atoms with Gasteiger partial charge in [-0.1, -0.05) is 26.0 Å². The lowest BCUT2D eigenvalue weighted by Gasteiger charge is -2.47. The number of fused-ring (bicyclic) bond motifs is 3. The van der Waals surface area contributed by atoms with E-state index in [9.17, 15) is 4.79 Å². The summed E-state index contributed by atoms with van der Waals surface area (Å²) in [6.45, 7) is 4.67. The molecule has 3 atom stereocenters. The predicted octanol–water partition coefficient (Wildman–Crippen LogP) is 5.59. The standard InChI is InChI=1S/C24H28O3/c1-24(2)12-11-18-20-13-17(27-4)9-10-19(20)23(25)22(21(18)14-24)15-5-7-16(26-3)8-6-15/h5-10,13,18,21-22H,11-12,14H2,1-4H3/t18-,21-,22?/m0/s1. The Hall–Kier alpha value is -2.29. The highest BCUT2D eigenvalue weighted by molar-refractivity contribution is 6.04. The number of rotatable bonds is 3. The Morgan fingerprint density at radius 3 is 2.30 bits per heavy atom. The molecular weight excluding hydrogens is 336 g/mol. The number of ketones is 1. The number of carbonyl (C=O) groups is 1. The van der Waals surface area contributed by atoms with Gasteiger partial charge in [-0.15, -0.1) is 0 Å². The summed E-state index contributed by atoms with van der Waals surface area (Å²) in [5.74, 6) is 2.57. The van der Waals surface area contributed by atoms with Crippen molar-refractivity contribution in [1.82, 2.24) is 0 Å². The second kappa shape index (κ2) is 6.70. The number of hydrogen-bond acceptors (Lipinski definition) is 3. The summed E-state index contributed by atoms with van der Waals surface area (Å²) >= 11 is 0. The van der Waals surface area contributed by atoms with Crippen molar-refractivity contribution in [2.24, 2.45) is 11.3 Å². The van der Waals surface area contributed by atoms with Gasteiger partial charge in [0, 0.05) is 5.56 Å². The summed E-state index contributed by atoms with van der Waals surface area (Å²) in [6.07, 6.45) is 3.38. The average molecular weight is 364 g/mol. The Kier molecular flexibility index (Phi) is 4.49. The lowest BCUT2D eigenvalue weighted by Crippen LogP contribution is -2.39. The zero-order valence-electron chi connectivity index (χ0n) is 16.6. The lowest BCUT2D eigenvalue weighted by molar-refractivity contribution is 0.0780. The van der Waals surface area contributed by atoms with Gasteiger partial charge in [0.05, 0.1) is 20.1 Å². The van der Waals surface area contributed by atoms with E-state index in [1.54, 1.807) is 14.2 Å². The maximum absolute atomic E-state index is 13.6. The number of hydrogen-bond donors (Lipinski definition) is 0. The molecule has 0 aliphatic heterocycles. The molecule has 3 nitrogen and oxygen atoms in total. The van der Waals surface area contributed by atoms with Crippen molar-refractivity contribution in [3.63, 3.8) is 0 Å². The number of ether oxygens (including phenoxy) is 2. The summed E-state index contributed by atoms with van der Waals surface area (Å²) in [5, 5.41) is 0. The zero-order valence-corrected chi connectivity index (χ0v) is 16.6. The average Bonchev–Trinajstić information content (AvgIpc) is 2.67. The smallest absolute Gasteiger partial charge is 0.170 e. The van der Waals surface area contributed by atoms with Gasteiger partial charge in [-0.05, 0) is 78.0 Å². The second-order valence-electron chi connectivity index (χ2n) is 8.75. The van der Waals surface area contributed by atoms with Crippen LogP contribution >= 0.6 is 0 Å². The van der Waals surface area contributed by atoms with Crippen LogP contribution in [0.5, 0.6) is 11.5 Å². The highest BCUT2D eigenvalue weighted by Gasteiger charge is 2.47. The van der Waals surface area contributed by atoms with Gasteiger partial charge in [0.1, 0.15) is 11.5 Å². The SMILES string of the molecule is COc1ccc(C2C(=O)c3ccc(OC)cc3[C@@H]3CCC(C)(C)C[C@H]23)cc1. The summed E-state index contributed by atoms with van der Waals surface area (Å²) < 4.78 is 10.8. The molecule has 142 valence electrons. The molecule has 0 heterocycles. The Morgan fingerprint density at radius 2 is 1.63 bits per heavy atom. The van der Waals surface area contributed by atoms with Crippen LogP contribution in [-0.2, 0) is 0 Å². The molecule has 0 spiro atoms. The maximum Gasteiger partial charge on any atom is 0.170 e. The first-order chi connectivity index (χ1) is 12.9. The highest BCUT2D eigenvalue weighted by atomic mass is 16.5. The van der Waals surface area contributed by atoms with Crippen LogP contribution < -0.4 is 9.47 Å². The van der Waals surface area contributed by atoms with E-state index in [1.807, 2.05) is 24.3 Å². The number of methoxy groups -OCH3 is 2. The summed E-state index contributed by atoms with van der Waals surface area (Å²) in [7, 11) is 3.36. The quantitative estimate of drug-likeness (QED) is 0.712. The van der Waals surface area contributed by atoms with E-state index >= 15 is 0 Å². The minimum atomic E-state index is -0.0821. The monoisotopic (exact) mass is 364 g/mol. The van der Waals surface area contributed by atoms with E-state index in [0.29, 0.717) is 11.8 Å². The van der Waals surface area contributed by atoms with Gasteiger partial charge in [0.15, 0.2) is 5.78 Å². The molecule has 0 saturated heterocycles. The van der Waals surface area contributed by atoms with E-state index in [1.165, 1.54) is 12.0 Å². The number of Topliss-reactive ketones (excluding diaryl/α,β-unsaturated/α-hetero) is 1. The maximum atomic E-state index is 13.6. The normalized spacial score (nSPS) is 26.1. The van der Waals surface area contributed by atoms with Crippen LogP contribution in [0.2, 0.25) is 0 Å². The first-order valence-electron chi connectivity index (χ1n) is 9.79. The Morgan fingerprint density at radius 1 is 0.963 bits per heavy atom. The zero-order chi connectivity index (χ0) is 19.2. The van der Waals surface area contributed by atoms with Gasteiger partial charge >= 0.3 is 0 Å². The van der Waals surface area contributed by atoms with E-state index in [4.69, 9.17) is 9.47 Å². The van der Waals surface area contributed by atoms with Gasteiger partial charge in [-0.3, -0.25) is 4.79 Å². The fourth-order valence-corrected chi connectivity index (χ4v) is 5.15. The summed E-state index contributed by atoms with van der Waals surface area (Å²) in [5.41, 5.74) is 3.43. The molecule has 2 aliphatic rings. The van der Waals surface area contributed by atoms with Crippen LogP contribution in [0.4, 0.5) is 0 Å². The van der Waals surface area contributed by atoms with E-state index in [0.717, 1.165) is 35.5 Å². The van der Waals surface area contributed by atoms with E-state index in [-0.39, 0.29) is 17.1 Å². The number of carbonyl (C=O) groups excluding carboxylic acids is 1. The van der Waals surface area contributed by atoms with Gasteiger partial charge in [-0.25, -0.2) is 0 Å². The third-order valence-corrected chi connectivity index (χ3v) is 6.55. The molecule has 1 saturated carbocycles. The molecule has 2 aromatic carbocycles. The first kappa shape index (κ1) is 18.1. The topological polar surface area (TPSA) is 35.5 Å². The minimum Gasteiger partial charge on any atom is -0.497 e. The van der Waals surface area contributed by atoms with Crippen LogP contribution in [0.15, 0.2) is 42.5 Å². The van der Waals surface area contributed by atoms with Crippen molar-refractivity contribution < 1.29 is 14.3 Å². The molecule has 1 unspecified atom stereocenters.